The fraction of sp³-hybridized carbons (Fsp3) is 0.143. The highest BCUT2D eigenvalue weighted by Crippen LogP contribution is 2.26. The molecule has 1 amide bonds. The van der Waals surface area contributed by atoms with E-state index in [9.17, 15) is 9.18 Å². The topological polar surface area (TPSA) is 88.0 Å². The maximum absolute atomic E-state index is 14.0. The van der Waals surface area contributed by atoms with Crippen molar-refractivity contribution < 1.29 is 9.18 Å². The van der Waals surface area contributed by atoms with Crippen molar-refractivity contribution in [3.8, 4) is 17.3 Å². The van der Waals surface area contributed by atoms with Gasteiger partial charge in [-0.05, 0) is 37.3 Å². The Kier molecular flexibility index (Phi) is 5.21. The highest BCUT2D eigenvalue weighted by Gasteiger charge is 2.15. The molecule has 4 aromatic rings. The Labute approximate surface area is 176 Å². The zero-order valence-corrected chi connectivity index (χ0v) is 16.6. The predicted molar refractivity (Wildman–Crippen MR) is 109 cm³/mol. The third kappa shape index (κ3) is 3.88. The second kappa shape index (κ2) is 7.97. The Morgan fingerprint density at radius 3 is 2.90 bits per heavy atom. The molecule has 0 aliphatic carbocycles. The van der Waals surface area contributed by atoms with Crippen molar-refractivity contribution >= 4 is 23.2 Å². The van der Waals surface area contributed by atoms with Crippen LogP contribution in [0.15, 0.2) is 55.0 Å². The lowest BCUT2D eigenvalue weighted by atomic mass is 10.1. The van der Waals surface area contributed by atoms with Crippen LogP contribution < -0.4 is 5.32 Å². The van der Waals surface area contributed by atoms with E-state index in [1.54, 1.807) is 33.6 Å². The number of nitriles is 1. The van der Waals surface area contributed by atoms with Crippen LogP contribution in [0.25, 0.3) is 16.9 Å². The first-order valence-electron chi connectivity index (χ1n) is 9.12. The number of amides is 1. The van der Waals surface area contributed by atoms with E-state index in [1.807, 2.05) is 31.3 Å². The summed E-state index contributed by atoms with van der Waals surface area (Å²) in [4.78, 5) is 16.8. The van der Waals surface area contributed by atoms with E-state index in [0.29, 0.717) is 29.1 Å². The second-order valence-corrected chi connectivity index (χ2v) is 7.22. The molecule has 1 aromatic carbocycles. The molecule has 3 aromatic heterocycles. The summed E-state index contributed by atoms with van der Waals surface area (Å²) in [5.41, 5.74) is 1.82. The molecule has 4 rings (SSSR count). The van der Waals surface area contributed by atoms with Gasteiger partial charge in [-0.3, -0.25) is 9.48 Å². The number of pyridine rings is 1. The van der Waals surface area contributed by atoms with Crippen molar-refractivity contribution in [2.24, 2.45) is 0 Å². The quantitative estimate of drug-likeness (QED) is 0.531. The lowest BCUT2D eigenvalue weighted by Crippen LogP contribution is -2.36. The molecule has 150 valence electrons. The minimum Gasteiger partial charge on any atom is -0.346 e. The molecule has 0 bridgehead atoms. The van der Waals surface area contributed by atoms with E-state index in [-0.39, 0.29) is 22.5 Å². The van der Waals surface area contributed by atoms with Crippen LogP contribution in [0.3, 0.4) is 0 Å². The van der Waals surface area contributed by atoms with Gasteiger partial charge in [-0.25, -0.2) is 9.37 Å². The molecule has 7 nitrogen and oxygen atoms in total. The summed E-state index contributed by atoms with van der Waals surface area (Å²) in [6.45, 7) is 2.26. The maximum Gasteiger partial charge on any atom is 0.271 e. The molecule has 1 atom stereocenters. The molecule has 30 heavy (non-hydrogen) atoms. The first-order valence-corrected chi connectivity index (χ1v) is 9.50. The average Bonchev–Trinajstić information content (AvgIpc) is 3.34. The van der Waals surface area contributed by atoms with Crippen LogP contribution in [-0.2, 0) is 6.54 Å². The Hall–Kier alpha value is -3.70. The van der Waals surface area contributed by atoms with Crippen molar-refractivity contribution in [3.05, 3.63) is 77.1 Å². The molecule has 1 unspecified atom stereocenters. The number of carbonyl (C=O) groups excluding carboxylic acids is 1. The van der Waals surface area contributed by atoms with Crippen molar-refractivity contribution in [2.45, 2.75) is 19.5 Å². The van der Waals surface area contributed by atoms with Gasteiger partial charge in [-0.1, -0.05) is 17.7 Å². The van der Waals surface area contributed by atoms with Gasteiger partial charge in [0, 0.05) is 30.2 Å². The molecule has 9 heteroatoms. The van der Waals surface area contributed by atoms with Gasteiger partial charge in [-0.15, -0.1) is 0 Å². The van der Waals surface area contributed by atoms with Crippen molar-refractivity contribution in [2.75, 3.05) is 0 Å². The zero-order valence-electron chi connectivity index (χ0n) is 15.9. The molecule has 0 aliphatic heterocycles. The van der Waals surface area contributed by atoms with E-state index in [2.05, 4.69) is 15.4 Å². The second-order valence-electron chi connectivity index (χ2n) is 6.82. The first-order chi connectivity index (χ1) is 14.4. The molecular weight excluding hydrogens is 407 g/mol. The molecule has 0 radical (unpaired) electrons. The minimum atomic E-state index is -0.692. The summed E-state index contributed by atoms with van der Waals surface area (Å²) < 4.78 is 17.4. The number of hydrogen-bond donors (Lipinski definition) is 1. The summed E-state index contributed by atoms with van der Waals surface area (Å²) >= 11 is 5.97. The molecule has 0 saturated heterocycles. The van der Waals surface area contributed by atoms with Crippen LogP contribution in [0.2, 0.25) is 5.02 Å². The molecular formula is C21H16ClFN6O. The van der Waals surface area contributed by atoms with Crippen LogP contribution in [0.1, 0.15) is 23.0 Å². The largest absolute Gasteiger partial charge is 0.346 e. The SMILES string of the molecule is CC(Cn1ccc(-c2cc(F)c(C#N)c(Cl)c2)n1)NC(=O)c1cn2ccccc2n1. The zero-order chi connectivity index (χ0) is 21.3. The lowest BCUT2D eigenvalue weighted by Gasteiger charge is -2.13. The van der Waals surface area contributed by atoms with E-state index >= 15 is 0 Å². The first kappa shape index (κ1) is 19.6. The summed E-state index contributed by atoms with van der Waals surface area (Å²) in [7, 11) is 0. The fourth-order valence-electron chi connectivity index (χ4n) is 3.11. The number of nitrogens with zero attached hydrogens (tertiary/aromatic N) is 5. The van der Waals surface area contributed by atoms with Crippen LogP contribution in [0.5, 0.6) is 0 Å². The van der Waals surface area contributed by atoms with E-state index in [1.165, 1.54) is 12.1 Å². The van der Waals surface area contributed by atoms with Gasteiger partial charge in [0.25, 0.3) is 5.91 Å². The number of hydrogen-bond acceptors (Lipinski definition) is 4. The molecule has 1 N–H and O–H groups in total. The van der Waals surface area contributed by atoms with Crippen LogP contribution >= 0.6 is 11.6 Å². The summed E-state index contributed by atoms with van der Waals surface area (Å²) in [6, 6.07) is 11.5. The van der Waals surface area contributed by atoms with Gasteiger partial charge < -0.3 is 9.72 Å². The Balaban J connectivity index is 1.44. The van der Waals surface area contributed by atoms with Crippen LogP contribution in [-0.4, -0.2) is 31.1 Å². The number of imidazole rings is 1. The molecule has 0 saturated carbocycles. The number of carbonyl (C=O) groups is 1. The number of fused-ring (bicyclic) bond motifs is 1. The van der Waals surface area contributed by atoms with Crippen molar-refractivity contribution in [3.63, 3.8) is 0 Å². The number of nitrogens with one attached hydrogen (secondary N) is 1. The third-order valence-corrected chi connectivity index (χ3v) is 4.82. The van der Waals surface area contributed by atoms with Crippen molar-refractivity contribution in [1.82, 2.24) is 24.5 Å². The van der Waals surface area contributed by atoms with Crippen LogP contribution in [0.4, 0.5) is 4.39 Å². The predicted octanol–water partition coefficient (Wildman–Crippen LogP) is 3.68. The Morgan fingerprint density at radius 1 is 1.33 bits per heavy atom. The Bertz CT molecular complexity index is 1230. The summed E-state index contributed by atoms with van der Waals surface area (Å²) in [5, 5.41) is 16.3. The normalized spacial score (nSPS) is 11.9. The van der Waals surface area contributed by atoms with Gasteiger partial charge in [-0.2, -0.15) is 10.4 Å². The van der Waals surface area contributed by atoms with Gasteiger partial charge in [0.1, 0.15) is 28.8 Å². The Morgan fingerprint density at radius 2 is 2.17 bits per heavy atom. The molecule has 0 aliphatic rings. The third-order valence-electron chi connectivity index (χ3n) is 4.53. The molecule has 0 fully saturated rings. The van der Waals surface area contributed by atoms with Gasteiger partial charge >= 0.3 is 0 Å². The number of aromatic nitrogens is 4. The van der Waals surface area contributed by atoms with Crippen LogP contribution in [0, 0.1) is 17.1 Å². The fourth-order valence-corrected chi connectivity index (χ4v) is 3.36. The van der Waals surface area contributed by atoms with E-state index < -0.39 is 5.82 Å². The average molecular weight is 423 g/mol. The highest BCUT2D eigenvalue weighted by atomic mass is 35.5. The number of benzene rings is 1. The van der Waals surface area contributed by atoms with E-state index in [4.69, 9.17) is 16.9 Å². The maximum atomic E-state index is 14.0. The number of rotatable bonds is 5. The highest BCUT2D eigenvalue weighted by molar-refractivity contribution is 6.32. The lowest BCUT2D eigenvalue weighted by molar-refractivity contribution is 0.0931. The van der Waals surface area contributed by atoms with Gasteiger partial charge in [0.05, 0.1) is 17.3 Å². The number of halogens is 2. The molecule has 0 spiro atoms. The summed E-state index contributed by atoms with van der Waals surface area (Å²) in [5.74, 6) is -0.970. The monoisotopic (exact) mass is 422 g/mol. The van der Waals surface area contributed by atoms with E-state index in [0.717, 1.165) is 0 Å². The smallest absolute Gasteiger partial charge is 0.271 e. The van der Waals surface area contributed by atoms with Gasteiger partial charge in [0.2, 0.25) is 0 Å². The van der Waals surface area contributed by atoms with Crippen molar-refractivity contribution in [1.29, 1.82) is 5.26 Å². The minimum absolute atomic E-state index is 0.0372. The molecule has 3 heterocycles. The summed E-state index contributed by atoms with van der Waals surface area (Å²) in [6.07, 6.45) is 5.23. The van der Waals surface area contributed by atoms with Gasteiger partial charge in [0.15, 0.2) is 0 Å². The standard InChI is InChI=1S/C21H16ClFN6O/c1-13(25-21(30)19-12-28-6-3-2-4-20(28)26-19)11-29-7-5-18(27-29)14-8-16(22)15(10-24)17(23)9-14/h2-9,12-13H,11H2,1H3,(H,25,30).